The van der Waals surface area contributed by atoms with Gasteiger partial charge in [-0.15, -0.1) is 0 Å². The molecule has 2 aromatic heterocycles. The third-order valence-electron chi connectivity index (χ3n) is 5.30. The molecule has 0 unspecified atom stereocenters. The number of phenolic OH excluding ortho intramolecular Hbond substituents is 2. The number of aryl methyl sites for hydroxylation is 1. The van der Waals surface area contributed by atoms with Gasteiger partial charge in [-0.05, 0) is 54.7 Å². The van der Waals surface area contributed by atoms with Crippen molar-refractivity contribution in [3.63, 3.8) is 0 Å². The van der Waals surface area contributed by atoms with Crippen LogP contribution in [0.2, 0.25) is 0 Å². The van der Waals surface area contributed by atoms with Crippen LogP contribution in [0, 0.1) is 5.82 Å². The molecule has 9 nitrogen and oxygen atoms in total. The summed E-state index contributed by atoms with van der Waals surface area (Å²) in [6.45, 7) is 1.11. The minimum Gasteiger partial charge on any atom is -0.504 e. The van der Waals surface area contributed by atoms with Gasteiger partial charge in [-0.2, -0.15) is 0 Å². The van der Waals surface area contributed by atoms with Crippen LogP contribution in [-0.2, 0) is 6.54 Å². The van der Waals surface area contributed by atoms with Crippen LogP contribution in [-0.4, -0.2) is 42.2 Å². The van der Waals surface area contributed by atoms with E-state index in [2.05, 4.69) is 20.3 Å². The number of nitrogens with two attached hydrogens (primary N) is 1. The Kier molecular flexibility index (Phi) is 6.34. The number of halogens is 1. The lowest BCUT2D eigenvalue weighted by Gasteiger charge is -2.11. The van der Waals surface area contributed by atoms with Crippen molar-refractivity contribution in [2.45, 2.75) is 25.8 Å². The zero-order valence-corrected chi connectivity index (χ0v) is 17.7. The van der Waals surface area contributed by atoms with E-state index < -0.39 is 23.2 Å². The number of aromatic nitrogens is 4. The number of aromatic hydroxyl groups is 2. The molecule has 0 saturated carbocycles. The molecule has 0 spiro atoms. The molecule has 1 amide bonds. The van der Waals surface area contributed by atoms with E-state index in [1.165, 1.54) is 42.7 Å². The maximum absolute atomic E-state index is 13.2. The number of imidazole rings is 1. The second kappa shape index (κ2) is 9.51. The first-order valence-corrected chi connectivity index (χ1v) is 10.5. The fourth-order valence-corrected chi connectivity index (χ4v) is 3.54. The van der Waals surface area contributed by atoms with Gasteiger partial charge in [0.1, 0.15) is 17.7 Å². The number of unbranched alkanes of at least 4 members (excludes halogenated alkanes) is 2. The van der Waals surface area contributed by atoms with Crippen LogP contribution in [0.15, 0.2) is 49.1 Å². The summed E-state index contributed by atoms with van der Waals surface area (Å²) in [6.07, 6.45) is 5.50. The Labute approximate surface area is 188 Å². The van der Waals surface area contributed by atoms with E-state index in [0.717, 1.165) is 19.3 Å². The topological polar surface area (TPSA) is 139 Å². The number of carbonyl (C=O) groups is 1. The average molecular weight is 450 g/mol. The van der Waals surface area contributed by atoms with Crippen molar-refractivity contribution in [3.05, 3.63) is 60.4 Å². The minimum atomic E-state index is -0.500. The number of fused-ring (bicyclic) bond motifs is 1. The first-order chi connectivity index (χ1) is 15.9. The van der Waals surface area contributed by atoms with E-state index in [-0.39, 0.29) is 5.56 Å². The van der Waals surface area contributed by atoms with Gasteiger partial charge in [-0.25, -0.2) is 19.3 Å². The summed E-state index contributed by atoms with van der Waals surface area (Å²) in [5, 5.41) is 22.9. The largest absolute Gasteiger partial charge is 0.504 e. The molecule has 170 valence electrons. The first-order valence-electron chi connectivity index (χ1n) is 10.5. The Hall–Kier alpha value is -4.21. The van der Waals surface area contributed by atoms with Gasteiger partial charge in [0.25, 0.3) is 5.91 Å². The molecule has 4 aromatic rings. The van der Waals surface area contributed by atoms with Crippen LogP contribution in [0.3, 0.4) is 0 Å². The second-order valence-corrected chi connectivity index (χ2v) is 7.58. The predicted molar refractivity (Wildman–Crippen MR) is 121 cm³/mol. The monoisotopic (exact) mass is 450 g/mol. The standard InChI is InChI=1S/C23H23FN6O3/c24-16-6-4-14(5-7-16)15-10-17(20(32)18(31)11-15)23(33)26-8-2-1-3-9-30-13-29-19-21(25)27-12-28-22(19)30/h4-7,10-13,31-32H,1-3,8-9H2,(H,26,33)(H2,25,27,28). The lowest BCUT2D eigenvalue weighted by atomic mass is 10.0. The molecule has 4 rings (SSSR count). The number of hydrogen-bond acceptors (Lipinski definition) is 7. The Balaban J connectivity index is 1.30. The maximum atomic E-state index is 13.2. The molecule has 0 saturated heterocycles. The number of benzene rings is 2. The smallest absolute Gasteiger partial charge is 0.255 e. The van der Waals surface area contributed by atoms with E-state index in [4.69, 9.17) is 5.73 Å². The first kappa shape index (κ1) is 22.0. The fraction of sp³-hybridized carbons (Fsp3) is 0.217. The molecule has 0 aliphatic rings. The molecule has 10 heteroatoms. The molecule has 0 fully saturated rings. The molecule has 0 bridgehead atoms. The number of carbonyl (C=O) groups excluding carboxylic acids is 1. The maximum Gasteiger partial charge on any atom is 0.255 e. The van der Waals surface area contributed by atoms with Crippen molar-refractivity contribution >= 4 is 22.9 Å². The van der Waals surface area contributed by atoms with Crippen molar-refractivity contribution in [3.8, 4) is 22.6 Å². The molecule has 2 heterocycles. The third-order valence-corrected chi connectivity index (χ3v) is 5.30. The number of rotatable bonds is 8. The van der Waals surface area contributed by atoms with Gasteiger partial charge in [0.15, 0.2) is 23.0 Å². The Bertz CT molecular complexity index is 1290. The highest BCUT2D eigenvalue weighted by molar-refractivity contribution is 5.99. The molecule has 0 aliphatic carbocycles. The minimum absolute atomic E-state index is 0.0449. The van der Waals surface area contributed by atoms with E-state index in [0.29, 0.717) is 41.2 Å². The highest BCUT2D eigenvalue weighted by atomic mass is 19.1. The molecule has 0 radical (unpaired) electrons. The third kappa shape index (κ3) is 4.84. The number of anilines is 1. The van der Waals surface area contributed by atoms with Crippen molar-refractivity contribution in [2.24, 2.45) is 0 Å². The number of nitrogens with zero attached hydrogens (tertiary/aromatic N) is 4. The summed E-state index contributed by atoms with van der Waals surface area (Å²) < 4.78 is 15.1. The fourth-order valence-electron chi connectivity index (χ4n) is 3.54. The zero-order chi connectivity index (χ0) is 23.4. The van der Waals surface area contributed by atoms with Crippen LogP contribution < -0.4 is 11.1 Å². The van der Waals surface area contributed by atoms with Gasteiger partial charge in [0.2, 0.25) is 0 Å². The number of nitrogens with one attached hydrogen (secondary N) is 1. The quantitative estimate of drug-likeness (QED) is 0.239. The predicted octanol–water partition coefficient (Wildman–Crippen LogP) is 3.23. The lowest BCUT2D eigenvalue weighted by Crippen LogP contribution is -2.24. The van der Waals surface area contributed by atoms with Gasteiger partial charge in [-0.3, -0.25) is 4.79 Å². The second-order valence-electron chi connectivity index (χ2n) is 7.58. The summed E-state index contributed by atoms with van der Waals surface area (Å²) in [6, 6.07) is 8.44. The van der Waals surface area contributed by atoms with E-state index in [1.807, 2.05) is 4.57 Å². The number of hydrogen-bond donors (Lipinski definition) is 4. The molecule has 5 N–H and O–H groups in total. The summed E-state index contributed by atoms with van der Waals surface area (Å²) in [5.74, 6) is -1.46. The van der Waals surface area contributed by atoms with E-state index in [1.54, 1.807) is 6.33 Å². The molecule has 33 heavy (non-hydrogen) atoms. The van der Waals surface area contributed by atoms with Crippen LogP contribution in [0.1, 0.15) is 29.6 Å². The SMILES string of the molecule is Nc1ncnc2c1ncn2CCCCCNC(=O)c1cc(-c2ccc(F)cc2)cc(O)c1O. The summed E-state index contributed by atoms with van der Waals surface area (Å²) in [7, 11) is 0. The molecule has 2 aromatic carbocycles. The Morgan fingerprint density at radius 3 is 2.61 bits per heavy atom. The number of phenols is 2. The van der Waals surface area contributed by atoms with E-state index >= 15 is 0 Å². The molecular formula is C23H23FN6O3. The number of amides is 1. The van der Waals surface area contributed by atoms with Crippen LogP contribution >= 0.6 is 0 Å². The average Bonchev–Trinajstić information content (AvgIpc) is 3.22. The molecule has 0 aliphatic heterocycles. The zero-order valence-electron chi connectivity index (χ0n) is 17.7. The van der Waals surface area contributed by atoms with Crippen LogP contribution in [0.4, 0.5) is 10.2 Å². The van der Waals surface area contributed by atoms with Crippen molar-refractivity contribution in [2.75, 3.05) is 12.3 Å². The van der Waals surface area contributed by atoms with Gasteiger partial charge < -0.3 is 25.8 Å². The van der Waals surface area contributed by atoms with Crippen molar-refractivity contribution in [1.29, 1.82) is 0 Å². The van der Waals surface area contributed by atoms with E-state index in [9.17, 15) is 19.4 Å². The van der Waals surface area contributed by atoms with Crippen LogP contribution in [0.25, 0.3) is 22.3 Å². The highest BCUT2D eigenvalue weighted by Gasteiger charge is 2.17. The number of nitrogen functional groups attached to an aromatic ring is 1. The van der Waals surface area contributed by atoms with Crippen molar-refractivity contribution < 1.29 is 19.4 Å². The lowest BCUT2D eigenvalue weighted by molar-refractivity contribution is 0.0949. The molecular weight excluding hydrogens is 427 g/mol. The summed E-state index contributed by atoms with van der Waals surface area (Å²) in [5.41, 5.74) is 8.12. The highest BCUT2D eigenvalue weighted by Crippen LogP contribution is 2.34. The van der Waals surface area contributed by atoms with Gasteiger partial charge in [0, 0.05) is 13.1 Å². The van der Waals surface area contributed by atoms with Gasteiger partial charge in [0.05, 0.1) is 11.9 Å². The normalized spacial score (nSPS) is 11.1. The summed E-state index contributed by atoms with van der Waals surface area (Å²) in [4.78, 5) is 24.9. The summed E-state index contributed by atoms with van der Waals surface area (Å²) >= 11 is 0. The van der Waals surface area contributed by atoms with Gasteiger partial charge in [-0.1, -0.05) is 12.1 Å². The molecule has 0 atom stereocenters. The Morgan fingerprint density at radius 2 is 1.82 bits per heavy atom. The van der Waals surface area contributed by atoms with Gasteiger partial charge >= 0.3 is 0 Å². The van der Waals surface area contributed by atoms with Crippen LogP contribution in [0.5, 0.6) is 11.5 Å². The Morgan fingerprint density at radius 1 is 1.03 bits per heavy atom. The van der Waals surface area contributed by atoms with Crippen molar-refractivity contribution in [1.82, 2.24) is 24.8 Å².